The Kier molecular flexibility index (Phi) is 2.83. The summed E-state index contributed by atoms with van der Waals surface area (Å²) in [5.41, 5.74) is 3.09. The first-order chi connectivity index (χ1) is 7.95. The molecule has 0 aromatic rings. The van der Waals surface area contributed by atoms with Crippen molar-refractivity contribution in [3.05, 3.63) is 35.6 Å². The van der Waals surface area contributed by atoms with Gasteiger partial charge in [-0.3, -0.25) is 0 Å². The van der Waals surface area contributed by atoms with E-state index in [4.69, 9.17) is 0 Å². The van der Waals surface area contributed by atoms with Crippen LogP contribution < -0.4 is 5.32 Å². The van der Waals surface area contributed by atoms with Crippen LogP contribution in [0.25, 0.3) is 0 Å². The van der Waals surface area contributed by atoms with Crippen LogP contribution in [0.2, 0.25) is 0 Å². The van der Waals surface area contributed by atoms with Crippen LogP contribution in [0, 0.1) is 5.92 Å². The quantitative estimate of drug-likeness (QED) is 0.722. The molecule has 1 aliphatic heterocycles. The van der Waals surface area contributed by atoms with Gasteiger partial charge >= 0.3 is 0 Å². The van der Waals surface area contributed by atoms with E-state index in [0.717, 1.165) is 32.1 Å². The lowest BCUT2D eigenvalue weighted by molar-refractivity contribution is 0.299. The molecule has 0 radical (unpaired) electrons. The van der Waals surface area contributed by atoms with E-state index < -0.39 is 0 Å². The molecule has 0 aromatic carbocycles. The van der Waals surface area contributed by atoms with Crippen LogP contribution in [-0.4, -0.2) is 31.1 Å². The molecular formula is C14H20N2. The molecule has 1 saturated heterocycles. The van der Waals surface area contributed by atoms with Crippen LogP contribution in [0.1, 0.15) is 19.3 Å². The van der Waals surface area contributed by atoms with Crippen molar-refractivity contribution in [1.82, 2.24) is 10.2 Å². The zero-order valence-corrected chi connectivity index (χ0v) is 9.78. The standard InChI is InChI=1S/C14H20N2/c1-2-6-13-12(4-1)5-3-7-14(13)16-10-8-15-9-11-16/h2-3,6-7,12,15H,1,4-5,8-11H2. The number of allylic oxidation sites excluding steroid dienone is 5. The van der Waals surface area contributed by atoms with Crippen LogP contribution in [-0.2, 0) is 0 Å². The van der Waals surface area contributed by atoms with Crippen molar-refractivity contribution >= 4 is 0 Å². The van der Waals surface area contributed by atoms with Crippen LogP contribution in [0.15, 0.2) is 35.6 Å². The first kappa shape index (κ1) is 10.2. The number of hydrogen-bond donors (Lipinski definition) is 1. The summed E-state index contributed by atoms with van der Waals surface area (Å²) < 4.78 is 0. The first-order valence-electron chi connectivity index (χ1n) is 6.48. The molecule has 0 bridgehead atoms. The first-order valence-corrected chi connectivity index (χ1v) is 6.48. The highest BCUT2D eigenvalue weighted by Crippen LogP contribution is 2.34. The molecular weight excluding hydrogens is 196 g/mol. The van der Waals surface area contributed by atoms with Crippen molar-refractivity contribution in [1.29, 1.82) is 0 Å². The smallest absolute Gasteiger partial charge is 0.0399 e. The minimum absolute atomic E-state index is 0.792. The van der Waals surface area contributed by atoms with E-state index in [1.54, 1.807) is 5.57 Å². The second-order valence-electron chi connectivity index (χ2n) is 4.89. The summed E-state index contributed by atoms with van der Waals surface area (Å²) in [4.78, 5) is 2.55. The minimum atomic E-state index is 0.792. The Bertz CT molecular complexity index is 346. The van der Waals surface area contributed by atoms with Crippen LogP contribution in [0.5, 0.6) is 0 Å². The maximum absolute atomic E-state index is 3.42. The Labute approximate surface area is 97.7 Å². The maximum Gasteiger partial charge on any atom is 0.0399 e. The van der Waals surface area contributed by atoms with Gasteiger partial charge in [-0.25, -0.2) is 0 Å². The molecule has 86 valence electrons. The molecule has 1 atom stereocenters. The SMILES string of the molecule is C1=CC2=C(N3CCNCC3)C=CCC2CC1. The van der Waals surface area contributed by atoms with Crippen LogP contribution >= 0.6 is 0 Å². The van der Waals surface area contributed by atoms with E-state index in [2.05, 4.69) is 34.5 Å². The van der Waals surface area contributed by atoms with Gasteiger partial charge in [-0.2, -0.15) is 0 Å². The lowest BCUT2D eigenvalue weighted by atomic mass is 9.82. The molecule has 16 heavy (non-hydrogen) atoms. The van der Waals surface area contributed by atoms with Gasteiger partial charge in [-0.1, -0.05) is 18.2 Å². The summed E-state index contributed by atoms with van der Waals surface area (Å²) in [5.74, 6) is 0.792. The molecule has 2 heteroatoms. The molecule has 0 aromatic heterocycles. The molecule has 1 heterocycles. The molecule has 0 saturated carbocycles. The zero-order chi connectivity index (χ0) is 10.8. The number of rotatable bonds is 1. The third-order valence-corrected chi connectivity index (χ3v) is 3.87. The predicted molar refractivity (Wildman–Crippen MR) is 67.1 cm³/mol. The van der Waals surface area contributed by atoms with Crippen LogP contribution in [0.4, 0.5) is 0 Å². The number of fused-ring (bicyclic) bond motifs is 1. The van der Waals surface area contributed by atoms with Gasteiger partial charge < -0.3 is 10.2 Å². The summed E-state index contributed by atoms with van der Waals surface area (Å²) in [6.45, 7) is 4.56. The van der Waals surface area contributed by atoms with Crippen molar-refractivity contribution in [2.75, 3.05) is 26.2 Å². The molecule has 3 aliphatic rings. The highest BCUT2D eigenvalue weighted by molar-refractivity contribution is 5.39. The van der Waals surface area contributed by atoms with Gasteiger partial charge in [0, 0.05) is 31.9 Å². The average Bonchev–Trinajstić information content (AvgIpc) is 2.39. The Hall–Kier alpha value is -1.02. The van der Waals surface area contributed by atoms with Gasteiger partial charge in [0.25, 0.3) is 0 Å². The average molecular weight is 216 g/mol. The van der Waals surface area contributed by atoms with Crippen molar-refractivity contribution in [3.8, 4) is 0 Å². The van der Waals surface area contributed by atoms with Gasteiger partial charge in [0.1, 0.15) is 0 Å². The molecule has 1 fully saturated rings. The molecule has 1 unspecified atom stereocenters. The fraction of sp³-hybridized carbons (Fsp3) is 0.571. The fourth-order valence-electron chi connectivity index (χ4n) is 2.97. The van der Waals surface area contributed by atoms with Gasteiger partial charge in [-0.15, -0.1) is 0 Å². The topological polar surface area (TPSA) is 15.3 Å². The molecule has 3 rings (SSSR count). The number of nitrogens with one attached hydrogen (secondary N) is 1. The summed E-state index contributed by atoms with van der Waals surface area (Å²) in [5, 5.41) is 3.42. The normalized spacial score (nSPS) is 29.5. The molecule has 1 N–H and O–H groups in total. The monoisotopic (exact) mass is 216 g/mol. The summed E-state index contributed by atoms with van der Waals surface area (Å²) in [7, 11) is 0. The molecule has 0 spiro atoms. The Morgan fingerprint density at radius 1 is 1.12 bits per heavy atom. The van der Waals surface area contributed by atoms with E-state index in [9.17, 15) is 0 Å². The summed E-state index contributed by atoms with van der Waals surface area (Å²) in [6.07, 6.45) is 13.3. The molecule has 0 amide bonds. The van der Waals surface area contributed by atoms with Crippen molar-refractivity contribution < 1.29 is 0 Å². The van der Waals surface area contributed by atoms with Gasteiger partial charge in [0.05, 0.1) is 0 Å². The van der Waals surface area contributed by atoms with Crippen molar-refractivity contribution in [2.24, 2.45) is 5.92 Å². The lowest BCUT2D eigenvalue weighted by Gasteiger charge is -2.35. The van der Waals surface area contributed by atoms with E-state index in [1.165, 1.54) is 25.0 Å². The van der Waals surface area contributed by atoms with Crippen LogP contribution in [0.3, 0.4) is 0 Å². The predicted octanol–water partition coefficient (Wildman–Crippen LogP) is 2.07. The van der Waals surface area contributed by atoms with E-state index in [-0.39, 0.29) is 0 Å². The number of hydrogen-bond acceptors (Lipinski definition) is 2. The fourth-order valence-corrected chi connectivity index (χ4v) is 2.97. The number of piperazine rings is 1. The zero-order valence-electron chi connectivity index (χ0n) is 9.78. The lowest BCUT2D eigenvalue weighted by Crippen LogP contribution is -2.43. The summed E-state index contributed by atoms with van der Waals surface area (Å²) in [6, 6.07) is 0. The number of nitrogens with zero attached hydrogens (tertiary/aromatic N) is 1. The van der Waals surface area contributed by atoms with Gasteiger partial charge in [0.15, 0.2) is 0 Å². The Balaban J connectivity index is 1.90. The Morgan fingerprint density at radius 2 is 2.00 bits per heavy atom. The second kappa shape index (κ2) is 4.46. The second-order valence-corrected chi connectivity index (χ2v) is 4.89. The van der Waals surface area contributed by atoms with Crippen molar-refractivity contribution in [3.63, 3.8) is 0 Å². The highest BCUT2D eigenvalue weighted by atomic mass is 15.2. The van der Waals surface area contributed by atoms with Gasteiger partial charge in [-0.05, 0) is 36.8 Å². The largest absolute Gasteiger partial charge is 0.369 e. The molecule has 2 aliphatic carbocycles. The van der Waals surface area contributed by atoms with Gasteiger partial charge in [0.2, 0.25) is 0 Å². The highest BCUT2D eigenvalue weighted by Gasteiger charge is 2.23. The van der Waals surface area contributed by atoms with E-state index in [0.29, 0.717) is 0 Å². The third kappa shape index (κ3) is 1.82. The van der Waals surface area contributed by atoms with E-state index >= 15 is 0 Å². The minimum Gasteiger partial charge on any atom is -0.369 e. The maximum atomic E-state index is 3.42. The van der Waals surface area contributed by atoms with E-state index in [1.807, 2.05) is 0 Å². The van der Waals surface area contributed by atoms with Crippen molar-refractivity contribution in [2.45, 2.75) is 19.3 Å². The Morgan fingerprint density at radius 3 is 2.88 bits per heavy atom. The third-order valence-electron chi connectivity index (χ3n) is 3.87. The summed E-state index contributed by atoms with van der Waals surface area (Å²) >= 11 is 0. The molecule has 2 nitrogen and oxygen atoms in total.